The summed E-state index contributed by atoms with van der Waals surface area (Å²) in [6.45, 7) is 3.70. The maximum absolute atomic E-state index is 12.5. The van der Waals surface area contributed by atoms with Gasteiger partial charge in [0.2, 0.25) is 10.0 Å². The lowest BCUT2D eigenvalue weighted by Crippen LogP contribution is -2.39. The van der Waals surface area contributed by atoms with Crippen LogP contribution in [0.5, 0.6) is 11.5 Å². The molecule has 1 N–H and O–H groups in total. The standard InChI is InChI=1S/C26H28BrN3O5S/c1-18-10-19(2)12-22(11-18)30(36(4,32)33)16-25(31)29-28-15-21-13-23(27)26(24(14-21)34-3)35-17-20-8-6-5-7-9-20/h5-15H,16-17H2,1-4H3,(H,29,31)/b28-15-. The van der Waals surface area contributed by atoms with Gasteiger partial charge in [-0.25, -0.2) is 13.8 Å². The molecular formula is C26H28BrN3O5S. The Morgan fingerprint density at radius 1 is 1.08 bits per heavy atom. The number of ether oxygens (including phenoxy) is 2. The van der Waals surface area contributed by atoms with E-state index in [9.17, 15) is 13.2 Å². The highest BCUT2D eigenvalue weighted by Gasteiger charge is 2.21. The van der Waals surface area contributed by atoms with Gasteiger partial charge in [-0.3, -0.25) is 9.10 Å². The molecule has 3 aromatic rings. The van der Waals surface area contributed by atoms with E-state index < -0.39 is 22.5 Å². The molecule has 0 heterocycles. The summed E-state index contributed by atoms with van der Waals surface area (Å²) in [6, 6.07) is 18.6. The van der Waals surface area contributed by atoms with Crippen molar-refractivity contribution in [2.75, 3.05) is 24.2 Å². The third-order valence-electron chi connectivity index (χ3n) is 5.06. The molecule has 0 aromatic heterocycles. The van der Waals surface area contributed by atoms with Gasteiger partial charge in [0.15, 0.2) is 11.5 Å². The highest BCUT2D eigenvalue weighted by atomic mass is 79.9. The molecule has 0 aliphatic heterocycles. The normalized spacial score (nSPS) is 11.4. The van der Waals surface area contributed by atoms with Gasteiger partial charge in [0.05, 0.1) is 29.7 Å². The lowest BCUT2D eigenvalue weighted by Gasteiger charge is -2.22. The highest BCUT2D eigenvalue weighted by molar-refractivity contribution is 9.10. The van der Waals surface area contributed by atoms with Crippen LogP contribution in [0.15, 0.2) is 70.2 Å². The maximum Gasteiger partial charge on any atom is 0.260 e. The Bertz CT molecular complexity index is 1340. The summed E-state index contributed by atoms with van der Waals surface area (Å²) < 4.78 is 37.8. The molecule has 0 saturated heterocycles. The minimum Gasteiger partial charge on any atom is -0.493 e. The molecule has 10 heteroatoms. The number of sulfonamides is 1. The quantitative estimate of drug-likeness (QED) is 0.283. The number of halogens is 1. The summed E-state index contributed by atoms with van der Waals surface area (Å²) in [5.74, 6) is 0.454. The van der Waals surface area contributed by atoms with Gasteiger partial charge in [0.25, 0.3) is 5.91 Å². The molecule has 190 valence electrons. The van der Waals surface area contributed by atoms with E-state index in [0.29, 0.717) is 33.8 Å². The van der Waals surface area contributed by atoms with Gasteiger partial charge < -0.3 is 9.47 Å². The predicted molar refractivity (Wildman–Crippen MR) is 145 cm³/mol. The number of hydrogen-bond acceptors (Lipinski definition) is 6. The molecule has 0 radical (unpaired) electrons. The third-order valence-corrected chi connectivity index (χ3v) is 6.79. The summed E-state index contributed by atoms with van der Waals surface area (Å²) in [4.78, 5) is 12.5. The van der Waals surface area contributed by atoms with Crippen LogP contribution >= 0.6 is 15.9 Å². The van der Waals surface area contributed by atoms with Crippen molar-refractivity contribution in [2.24, 2.45) is 5.10 Å². The zero-order chi connectivity index (χ0) is 26.3. The van der Waals surface area contributed by atoms with Crippen molar-refractivity contribution in [2.45, 2.75) is 20.5 Å². The van der Waals surface area contributed by atoms with Crippen LogP contribution in [0.3, 0.4) is 0 Å². The number of aryl methyl sites for hydroxylation is 2. The number of hydrazone groups is 1. The molecule has 0 fully saturated rings. The van der Waals surface area contributed by atoms with Crippen LogP contribution in [0.2, 0.25) is 0 Å². The van der Waals surface area contributed by atoms with Crippen molar-refractivity contribution in [3.05, 3.63) is 87.4 Å². The van der Waals surface area contributed by atoms with Gasteiger partial charge in [0, 0.05) is 0 Å². The molecule has 0 saturated carbocycles. The molecule has 0 unspecified atom stereocenters. The molecule has 0 aliphatic carbocycles. The Balaban J connectivity index is 1.69. The molecule has 0 spiro atoms. The van der Waals surface area contributed by atoms with Gasteiger partial charge in [0.1, 0.15) is 13.2 Å². The van der Waals surface area contributed by atoms with Gasteiger partial charge in [-0.15, -0.1) is 0 Å². The van der Waals surface area contributed by atoms with E-state index in [1.807, 2.05) is 50.2 Å². The average molecular weight is 574 g/mol. The van der Waals surface area contributed by atoms with Gasteiger partial charge >= 0.3 is 0 Å². The minimum absolute atomic E-state index is 0.372. The van der Waals surface area contributed by atoms with Crippen molar-refractivity contribution in [3.8, 4) is 11.5 Å². The minimum atomic E-state index is -3.68. The van der Waals surface area contributed by atoms with Crippen molar-refractivity contribution < 1.29 is 22.7 Å². The summed E-state index contributed by atoms with van der Waals surface area (Å²) in [5, 5.41) is 3.98. The van der Waals surface area contributed by atoms with E-state index in [2.05, 4.69) is 26.5 Å². The Morgan fingerprint density at radius 2 is 1.75 bits per heavy atom. The van der Waals surface area contributed by atoms with Gasteiger partial charge in [-0.1, -0.05) is 36.4 Å². The fraction of sp³-hybridized carbons (Fsp3) is 0.231. The van der Waals surface area contributed by atoms with E-state index in [4.69, 9.17) is 9.47 Å². The fourth-order valence-corrected chi connectivity index (χ4v) is 4.94. The van der Waals surface area contributed by atoms with Crippen molar-refractivity contribution in [3.63, 3.8) is 0 Å². The number of nitrogens with one attached hydrogen (secondary N) is 1. The first-order valence-electron chi connectivity index (χ1n) is 11.0. The van der Waals surface area contributed by atoms with Crippen molar-refractivity contribution in [1.82, 2.24) is 5.43 Å². The monoisotopic (exact) mass is 573 g/mol. The van der Waals surface area contributed by atoms with Gasteiger partial charge in [-0.2, -0.15) is 5.10 Å². The zero-order valence-electron chi connectivity index (χ0n) is 20.5. The molecule has 0 atom stereocenters. The van der Waals surface area contributed by atoms with E-state index in [-0.39, 0.29) is 0 Å². The molecule has 0 aliphatic rings. The lowest BCUT2D eigenvalue weighted by molar-refractivity contribution is -0.119. The third kappa shape index (κ3) is 7.56. The van der Waals surface area contributed by atoms with Crippen LogP contribution in [0.1, 0.15) is 22.3 Å². The highest BCUT2D eigenvalue weighted by Crippen LogP contribution is 2.36. The predicted octanol–water partition coefficient (Wildman–Crippen LogP) is 4.57. The molecule has 1 amide bonds. The smallest absolute Gasteiger partial charge is 0.260 e. The Labute approximate surface area is 220 Å². The molecule has 36 heavy (non-hydrogen) atoms. The SMILES string of the molecule is COc1cc(/C=N\NC(=O)CN(c2cc(C)cc(C)c2)S(C)(=O)=O)cc(Br)c1OCc1ccccc1. The Kier molecular flexibility index (Phi) is 9.11. The van der Waals surface area contributed by atoms with Crippen LogP contribution in [0.25, 0.3) is 0 Å². The summed E-state index contributed by atoms with van der Waals surface area (Å²) in [7, 11) is -2.15. The second-order valence-corrected chi connectivity index (χ2v) is 11.0. The van der Waals surface area contributed by atoms with Crippen LogP contribution < -0.4 is 19.2 Å². The number of hydrogen-bond donors (Lipinski definition) is 1. The first-order chi connectivity index (χ1) is 17.1. The molecule has 0 bridgehead atoms. The van der Waals surface area contributed by atoms with Crippen LogP contribution in [-0.4, -0.2) is 40.4 Å². The van der Waals surface area contributed by atoms with Crippen molar-refractivity contribution >= 4 is 43.8 Å². The van der Waals surface area contributed by atoms with E-state index in [1.165, 1.54) is 13.3 Å². The van der Waals surface area contributed by atoms with Crippen molar-refractivity contribution in [1.29, 1.82) is 0 Å². The first-order valence-corrected chi connectivity index (χ1v) is 13.6. The molecular weight excluding hydrogens is 546 g/mol. The summed E-state index contributed by atoms with van der Waals surface area (Å²) >= 11 is 3.50. The average Bonchev–Trinajstić information content (AvgIpc) is 2.81. The Morgan fingerprint density at radius 3 is 2.36 bits per heavy atom. The number of nitrogens with zero attached hydrogens (tertiary/aromatic N) is 2. The Hall–Kier alpha value is -3.37. The van der Waals surface area contributed by atoms with Crippen LogP contribution in [0, 0.1) is 13.8 Å². The van der Waals surface area contributed by atoms with Crippen LogP contribution in [-0.2, 0) is 21.4 Å². The zero-order valence-corrected chi connectivity index (χ0v) is 22.9. The topological polar surface area (TPSA) is 97.3 Å². The second-order valence-electron chi connectivity index (χ2n) is 8.22. The molecule has 8 nitrogen and oxygen atoms in total. The van der Waals surface area contributed by atoms with E-state index >= 15 is 0 Å². The largest absolute Gasteiger partial charge is 0.493 e. The number of carbonyl (C=O) groups excluding carboxylic acids is 1. The summed E-state index contributed by atoms with van der Waals surface area (Å²) in [5.41, 5.74) is 6.26. The number of anilines is 1. The first kappa shape index (κ1) is 27.2. The number of amides is 1. The van der Waals surface area contributed by atoms with E-state index in [1.54, 1.807) is 24.3 Å². The second kappa shape index (κ2) is 12.0. The fourth-order valence-electron chi connectivity index (χ4n) is 3.52. The van der Waals surface area contributed by atoms with Crippen LogP contribution in [0.4, 0.5) is 5.69 Å². The molecule has 3 rings (SSSR count). The number of rotatable bonds is 10. The van der Waals surface area contributed by atoms with Gasteiger partial charge in [-0.05, 0) is 76.3 Å². The number of carbonyl (C=O) groups is 1. The lowest BCUT2D eigenvalue weighted by atomic mass is 10.1. The van der Waals surface area contributed by atoms with E-state index in [0.717, 1.165) is 27.3 Å². The summed E-state index contributed by atoms with van der Waals surface area (Å²) in [6.07, 6.45) is 2.50. The number of benzene rings is 3. The number of methoxy groups -OCH3 is 1. The maximum atomic E-state index is 12.5. The molecule has 3 aromatic carbocycles.